The van der Waals surface area contributed by atoms with E-state index >= 15 is 0 Å². The zero-order valence-electron chi connectivity index (χ0n) is 14.7. The molecule has 2 N–H and O–H groups in total. The maximum Gasteiger partial charge on any atom is 0.329 e. The summed E-state index contributed by atoms with van der Waals surface area (Å²) in [6.45, 7) is 5.62. The van der Waals surface area contributed by atoms with Crippen LogP contribution in [0.4, 0.5) is 0 Å². The quantitative estimate of drug-likeness (QED) is 0.710. The fourth-order valence-electron chi connectivity index (χ4n) is 2.45. The highest BCUT2D eigenvalue weighted by molar-refractivity contribution is 5.85. The highest BCUT2D eigenvalue weighted by Crippen LogP contribution is 2.22. The molecule has 0 saturated carbocycles. The molecule has 0 aliphatic carbocycles. The molecular formula is C18H23N3O4. The third-order valence-electron chi connectivity index (χ3n) is 3.64. The van der Waals surface area contributed by atoms with Crippen molar-refractivity contribution >= 4 is 11.9 Å². The van der Waals surface area contributed by atoms with E-state index in [0.29, 0.717) is 5.75 Å². The first-order chi connectivity index (χ1) is 12.0. The summed E-state index contributed by atoms with van der Waals surface area (Å²) < 4.78 is 10.6. The first-order valence-corrected chi connectivity index (χ1v) is 8.13. The number of hydrogen-bond acceptors (Lipinski definition) is 5. The molecule has 0 aliphatic heterocycles. The topological polar surface area (TPSA) is 93.3 Å². The number of para-hydroxylation sites is 1. The third kappa shape index (κ3) is 5.34. The predicted molar refractivity (Wildman–Crippen MR) is 92.3 cm³/mol. The Bertz CT molecular complexity index is 693. The molecule has 0 aliphatic rings. The molecular weight excluding hydrogens is 322 g/mol. The summed E-state index contributed by atoms with van der Waals surface area (Å²) >= 11 is 0. The zero-order chi connectivity index (χ0) is 18.2. The molecule has 2 rings (SSSR count). The molecule has 1 heterocycles. The van der Waals surface area contributed by atoms with Gasteiger partial charge >= 0.3 is 5.97 Å². The predicted octanol–water partition coefficient (Wildman–Crippen LogP) is 1.70. The van der Waals surface area contributed by atoms with Crippen molar-refractivity contribution in [2.75, 3.05) is 13.2 Å². The Hall–Kier alpha value is -2.83. The van der Waals surface area contributed by atoms with Gasteiger partial charge in [-0.25, -0.2) is 9.78 Å². The normalized spacial score (nSPS) is 11.6. The SMILES string of the molecule is CCOC(=O)[C@H](Cc1cnc[nH]1)NC(=O)COc1c(C)cccc1C. The van der Waals surface area contributed by atoms with Crippen molar-refractivity contribution in [2.45, 2.75) is 33.2 Å². The van der Waals surface area contributed by atoms with Gasteiger partial charge in [0.1, 0.15) is 11.8 Å². The number of rotatable bonds is 8. The van der Waals surface area contributed by atoms with Crippen molar-refractivity contribution in [3.05, 3.63) is 47.5 Å². The molecule has 1 atom stereocenters. The molecule has 0 radical (unpaired) electrons. The Kier molecular flexibility index (Phi) is 6.56. The molecule has 7 nitrogen and oxygen atoms in total. The van der Waals surface area contributed by atoms with Crippen molar-refractivity contribution in [3.8, 4) is 5.75 Å². The fourth-order valence-corrected chi connectivity index (χ4v) is 2.45. The third-order valence-corrected chi connectivity index (χ3v) is 3.64. The Morgan fingerprint density at radius 2 is 2.00 bits per heavy atom. The van der Waals surface area contributed by atoms with E-state index in [2.05, 4.69) is 15.3 Å². The Morgan fingerprint density at radius 1 is 1.28 bits per heavy atom. The molecule has 1 aromatic heterocycles. The summed E-state index contributed by atoms with van der Waals surface area (Å²) in [5.41, 5.74) is 2.63. The minimum atomic E-state index is -0.797. The van der Waals surface area contributed by atoms with E-state index in [1.54, 1.807) is 13.1 Å². The van der Waals surface area contributed by atoms with Gasteiger partial charge in [0, 0.05) is 18.3 Å². The fraction of sp³-hybridized carbons (Fsp3) is 0.389. The molecule has 2 aromatic rings. The van der Waals surface area contributed by atoms with Crippen LogP contribution in [-0.4, -0.2) is 41.1 Å². The van der Waals surface area contributed by atoms with Crippen LogP contribution in [0.25, 0.3) is 0 Å². The number of ether oxygens (including phenoxy) is 2. The molecule has 1 aromatic carbocycles. The molecule has 134 valence electrons. The average molecular weight is 345 g/mol. The van der Waals surface area contributed by atoms with Crippen molar-refractivity contribution in [3.63, 3.8) is 0 Å². The Morgan fingerprint density at radius 3 is 2.60 bits per heavy atom. The number of nitrogens with zero attached hydrogens (tertiary/aromatic N) is 1. The number of H-pyrrole nitrogens is 1. The number of hydrogen-bond donors (Lipinski definition) is 2. The van der Waals surface area contributed by atoms with E-state index in [4.69, 9.17) is 9.47 Å². The number of nitrogens with one attached hydrogen (secondary N) is 2. The van der Waals surface area contributed by atoms with E-state index in [-0.39, 0.29) is 25.5 Å². The number of amides is 1. The molecule has 0 saturated heterocycles. The van der Waals surface area contributed by atoms with Gasteiger partial charge in [-0.05, 0) is 31.9 Å². The Balaban J connectivity index is 1.97. The molecule has 0 unspecified atom stereocenters. The molecule has 0 bridgehead atoms. The van der Waals surface area contributed by atoms with Gasteiger partial charge in [0.05, 0.1) is 12.9 Å². The van der Waals surface area contributed by atoms with E-state index in [9.17, 15) is 9.59 Å². The molecule has 7 heteroatoms. The summed E-state index contributed by atoms with van der Waals surface area (Å²) in [5.74, 6) is -0.198. The smallest absolute Gasteiger partial charge is 0.329 e. The minimum absolute atomic E-state index is 0.176. The van der Waals surface area contributed by atoms with E-state index in [1.807, 2.05) is 32.0 Å². The first kappa shape index (κ1) is 18.5. The molecule has 1 amide bonds. The highest BCUT2D eigenvalue weighted by atomic mass is 16.5. The van der Waals surface area contributed by atoms with Gasteiger partial charge in [0.2, 0.25) is 0 Å². The molecule has 0 spiro atoms. The second kappa shape index (κ2) is 8.86. The van der Waals surface area contributed by atoms with Crippen LogP contribution >= 0.6 is 0 Å². The average Bonchev–Trinajstić information content (AvgIpc) is 3.07. The van der Waals surface area contributed by atoms with E-state index < -0.39 is 12.0 Å². The number of aromatic amines is 1. The number of aromatic nitrogens is 2. The van der Waals surface area contributed by atoms with Crippen LogP contribution < -0.4 is 10.1 Å². The lowest BCUT2D eigenvalue weighted by atomic mass is 10.1. The number of benzene rings is 1. The van der Waals surface area contributed by atoms with E-state index in [1.165, 1.54) is 6.33 Å². The van der Waals surface area contributed by atoms with Crippen molar-refractivity contribution in [1.82, 2.24) is 15.3 Å². The molecule has 0 fully saturated rings. The van der Waals surface area contributed by atoms with E-state index in [0.717, 1.165) is 16.8 Å². The van der Waals surface area contributed by atoms with Crippen molar-refractivity contribution in [1.29, 1.82) is 0 Å². The van der Waals surface area contributed by atoms with Gasteiger partial charge in [-0.2, -0.15) is 0 Å². The summed E-state index contributed by atoms with van der Waals surface area (Å²) in [4.78, 5) is 31.1. The first-order valence-electron chi connectivity index (χ1n) is 8.13. The largest absolute Gasteiger partial charge is 0.483 e. The van der Waals surface area contributed by atoms with Gasteiger partial charge in [-0.15, -0.1) is 0 Å². The molecule has 25 heavy (non-hydrogen) atoms. The maximum atomic E-state index is 12.2. The minimum Gasteiger partial charge on any atom is -0.483 e. The maximum absolute atomic E-state index is 12.2. The van der Waals surface area contributed by atoms with Crippen LogP contribution in [0.1, 0.15) is 23.7 Å². The zero-order valence-corrected chi connectivity index (χ0v) is 14.7. The van der Waals surface area contributed by atoms with Crippen molar-refractivity contribution < 1.29 is 19.1 Å². The lowest BCUT2D eigenvalue weighted by Crippen LogP contribution is -2.45. The lowest BCUT2D eigenvalue weighted by molar-refractivity contribution is -0.147. The monoisotopic (exact) mass is 345 g/mol. The van der Waals surface area contributed by atoms with Crippen LogP contribution in [0, 0.1) is 13.8 Å². The second-order valence-electron chi connectivity index (χ2n) is 5.66. The van der Waals surface area contributed by atoms with Crippen molar-refractivity contribution in [2.24, 2.45) is 0 Å². The summed E-state index contributed by atoms with van der Waals surface area (Å²) in [6, 6.07) is 4.97. The van der Waals surface area contributed by atoms with Crippen LogP contribution in [0.5, 0.6) is 5.75 Å². The second-order valence-corrected chi connectivity index (χ2v) is 5.66. The van der Waals surface area contributed by atoms with Crippen LogP contribution in [0.15, 0.2) is 30.7 Å². The number of carbonyl (C=O) groups excluding carboxylic acids is 2. The van der Waals surface area contributed by atoms with Crippen LogP contribution in [-0.2, 0) is 20.7 Å². The van der Waals surface area contributed by atoms with Gasteiger partial charge in [0.15, 0.2) is 6.61 Å². The van der Waals surface area contributed by atoms with Gasteiger partial charge in [-0.1, -0.05) is 18.2 Å². The standard InChI is InChI=1S/C18H23N3O4/c1-4-24-18(23)15(8-14-9-19-11-20-14)21-16(22)10-25-17-12(2)6-5-7-13(17)3/h5-7,9,11,15H,4,8,10H2,1-3H3,(H,19,20)(H,21,22)/t15-/m0/s1. The number of carbonyl (C=O) groups is 2. The number of esters is 1. The van der Waals surface area contributed by atoms with Crippen LogP contribution in [0.2, 0.25) is 0 Å². The number of aryl methyl sites for hydroxylation is 2. The number of imidazole rings is 1. The Labute approximate surface area is 146 Å². The summed E-state index contributed by atoms with van der Waals surface area (Å²) in [5, 5.41) is 2.66. The van der Waals surface area contributed by atoms with Crippen LogP contribution in [0.3, 0.4) is 0 Å². The van der Waals surface area contributed by atoms with Gasteiger partial charge in [-0.3, -0.25) is 4.79 Å². The van der Waals surface area contributed by atoms with Gasteiger partial charge < -0.3 is 19.8 Å². The summed E-state index contributed by atoms with van der Waals surface area (Å²) in [6.07, 6.45) is 3.39. The van der Waals surface area contributed by atoms with Gasteiger partial charge in [0.25, 0.3) is 5.91 Å². The highest BCUT2D eigenvalue weighted by Gasteiger charge is 2.23. The summed E-state index contributed by atoms with van der Waals surface area (Å²) in [7, 11) is 0. The lowest BCUT2D eigenvalue weighted by Gasteiger charge is -2.17.